The van der Waals surface area contributed by atoms with Crippen LogP contribution in [0.25, 0.3) is 0 Å². The normalized spacial score (nSPS) is 33.7. The molecule has 6 unspecified atom stereocenters. The molecule has 0 aromatic carbocycles. The molecule has 1 radical (unpaired) electrons. The van der Waals surface area contributed by atoms with Crippen molar-refractivity contribution in [2.45, 2.75) is 30.6 Å². The van der Waals surface area contributed by atoms with Gasteiger partial charge in [-0.25, -0.2) is 19.1 Å². The monoisotopic (exact) mass is 529 g/mol. The molecule has 0 aromatic heterocycles. The van der Waals surface area contributed by atoms with Crippen LogP contribution in [0.1, 0.15) is 0 Å². The molecule has 0 spiro atoms. The Bertz CT molecular complexity index is 865. The van der Waals surface area contributed by atoms with Crippen LogP contribution in [-0.4, -0.2) is 119 Å². The van der Waals surface area contributed by atoms with Crippen LogP contribution in [0.15, 0.2) is 15.0 Å². The fraction of sp³-hybridized carbons (Fsp3) is 0.600. The average molecular weight is 530 g/mol. The molecule has 157 valence electrons. The van der Waals surface area contributed by atoms with E-state index < -0.39 is 58.7 Å². The molecule has 0 aliphatic carbocycles. The first-order valence-electron chi connectivity index (χ1n) is 7.32. The van der Waals surface area contributed by atoms with Gasteiger partial charge in [0.1, 0.15) is 30.5 Å². The second-order valence-electron chi connectivity index (χ2n) is 5.62. The molecule has 3 aliphatic heterocycles. The molecule has 5 N–H and O–H groups in total. The van der Waals surface area contributed by atoms with E-state index in [4.69, 9.17) is 14.5 Å². The molecular formula is C10H13BrN4NaO11P2. The van der Waals surface area contributed by atoms with Gasteiger partial charge in [-0.05, 0) is 15.9 Å². The third-order valence-electron chi connectivity index (χ3n) is 3.74. The quantitative estimate of drug-likeness (QED) is 0.139. The van der Waals surface area contributed by atoms with Crippen molar-refractivity contribution < 1.29 is 52.4 Å². The maximum absolute atomic E-state index is 11.8. The number of hydrogen-bond donors (Lipinski definition) is 5. The number of amidine groups is 2. The van der Waals surface area contributed by atoms with E-state index in [-0.39, 0.29) is 40.1 Å². The smallest absolute Gasteiger partial charge is 0.387 e. The van der Waals surface area contributed by atoms with Gasteiger partial charge in [0.05, 0.1) is 6.61 Å². The molecule has 15 nitrogen and oxygen atoms in total. The molecule has 1 saturated heterocycles. The van der Waals surface area contributed by atoms with Gasteiger partial charge in [-0.1, -0.05) is 0 Å². The standard InChI is InChI=1S/C10H13BrN4O11P2.Na/c11-10-14-4-7(12-2-13-8(4)18)15(10)9-6(17)5(16)3(25-9)1-24-28(22,23)26-27(19,20)21;/h2-6,9,16-17H,1H2,(H,22,23)(H2,19,20,21);. The van der Waals surface area contributed by atoms with Gasteiger partial charge < -0.3 is 29.6 Å². The number of aliphatic hydroxyl groups is 2. The fourth-order valence-corrected chi connectivity index (χ4v) is 4.80. The zero-order valence-electron chi connectivity index (χ0n) is 14.4. The second-order valence-corrected chi connectivity index (χ2v) is 9.16. The van der Waals surface area contributed by atoms with Gasteiger partial charge in [0.15, 0.2) is 17.0 Å². The number of aliphatic hydroxyl groups excluding tert-OH is 2. The number of hydrogen-bond acceptors (Lipinski definition) is 11. The Morgan fingerprint density at radius 3 is 2.52 bits per heavy atom. The van der Waals surface area contributed by atoms with Crippen LogP contribution in [0, 0.1) is 0 Å². The third kappa shape index (κ3) is 5.67. The van der Waals surface area contributed by atoms with E-state index in [0.29, 0.717) is 0 Å². The Morgan fingerprint density at radius 1 is 1.24 bits per heavy atom. The minimum Gasteiger partial charge on any atom is -0.387 e. The summed E-state index contributed by atoms with van der Waals surface area (Å²) < 4.78 is 35.7. The van der Waals surface area contributed by atoms with Gasteiger partial charge in [-0.2, -0.15) is 9.30 Å². The van der Waals surface area contributed by atoms with E-state index in [2.05, 4.69) is 39.7 Å². The average Bonchev–Trinajstić information content (AvgIpc) is 3.02. The Balaban J connectivity index is 0.00000300. The first kappa shape index (κ1) is 25.4. The van der Waals surface area contributed by atoms with Crippen LogP contribution in [-0.2, 0) is 27.5 Å². The number of carbonyl (C=O) groups excluding carboxylic acids is 1. The molecule has 3 heterocycles. The summed E-state index contributed by atoms with van der Waals surface area (Å²) in [6, 6.07) is -1.06. The van der Waals surface area contributed by atoms with Gasteiger partial charge in [-0.15, -0.1) is 0 Å². The van der Waals surface area contributed by atoms with Crippen LogP contribution in [0.3, 0.4) is 0 Å². The first-order valence-corrected chi connectivity index (χ1v) is 11.1. The Morgan fingerprint density at radius 2 is 1.90 bits per heavy atom. The number of ether oxygens (including phenoxy) is 1. The van der Waals surface area contributed by atoms with Gasteiger partial charge in [0, 0.05) is 29.6 Å². The van der Waals surface area contributed by atoms with E-state index in [1.807, 2.05) is 0 Å². The zero-order chi connectivity index (χ0) is 20.9. The van der Waals surface area contributed by atoms with Crippen molar-refractivity contribution >= 4 is 84.0 Å². The number of amides is 1. The molecule has 19 heteroatoms. The third-order valence-corrected chi connectivity index (χ3v) is 6.48. The number of aliphatic imine (C=N–C) groups is 3. The van der Waals surface area contributed by atoms with Gasteiger partial charge in [0.25, 0.3) is 5.91 Å². The number of nitrogens with zero attached hydrogens (tertiary/aromatic N) is 4. The van der Waals surface area contributed by atoms with Crippen LogP contribution in [0.2, 0.25) is 0 Å². The van der Waals surface area contributed by atoms with E-state index in [1.165, 1.54) is 4.90 Å². The summed E-state index contributed by atoms with van der Waals surface area (Å²) >= 11 is 3.10. The van der Waals surface area contributed by atoms with Crippen molar-refractivity contribution in [2.24, 2.45) is 15.0 Å². The van der Waals surface area contributed by atoms with E-state index in [0.717, 1.165) is 6.34 Å². The van der Waals surface area contributed by atoms with Crippen molar-refractivity contribution in [3.05, 3.63) is 0 Å². The van der Waals surface area contributed by atoms with E-state index in [9.17, 15) is 29.0 Å². The molecular weight excluding hydrogens is 517 g/mol. The number of phosphoric acid groups is 2. The maximum Gasteiger partial charge on any atom is 0.481 e. The summed E-state index contributed by atoms with van der Waals surface area (Å²) in [4.78, 5) is 50.8. The van der Waals surface area contributed by atoms with E-state index in [1.54, 1.807) is 0 Å². The molecule has 0 bridgehead atoms. The summed E-state index contributed by atoms with van der Waals surface area (Å²) in [7, 11) is -10.5. The molecule has 3 aliphatic rings. The van der Waals surface area contributed by atoms with Gasteiger partial charge in [-0.3, -0.25) is 14.2 Å². The van der Waals surface area contributed by atoms with Crippen LogP contribution >= 0.6 is 31.6 Å². The molecule has 0 saturated carbocycles. The van der Waals surface area contributed by atoms with Crippen molar-refractivity contribution in [1.82, 2.24) is 4.90 Å². The molecule has 0 aromatic rings. The molecule has 1 amide bonds. The number of halogens is 1. The Hall–Kier alpha value is 0.1000. The maximum atomic E-state index is 11.8. The van der Waals surface area contributed by atoms with Crippen LogP contribution in [0.5, 0.6) is 0 Å². The minimum absolute atomic E-state index is 0. The molecule has 6 atom stereocenters. The summed E-state index contributed by atoms with van der Waals surface area (Å²) in [5, 5.41) is 20.4. The number of rotatable bonds is 6. The second kappa shape index (κ2) is 9.30. The Kier molecular flexibility index (Phi) is 8.14. The van der Waals surface area contributed by atoms with Crippen molar-refractivity contribution in [3.63, 3.8) is 0 Å². The fourth-order valence-electron chi connectivity index (χ4n) is 2.61. The summed E-state index contributed by atoms with van der Waals surface area (Å²) in [5.74, 6) is -0.532. The molecule has 1 fully saturated rings. The number of phosphoric ester groups is 1. The van der Waals surface area contributed by atoms with E-state index >= 15 is 0 Å². The first-order chi connectivity index (χ1) is 12.9. The largest absolute Gasteiger partial charge is 0.481 e. The predicted molar refractivity (Wildman–Crippen MR) is 98.3 cm³/mol. The SMILES string of the molecule is O=C1N=CN=C2C1N=C(Br)N2C1OC(COP(=O)(O)OP(=O)(O)O)C(O)C1O.[Na]. The van der Waals surface area contributed by atoms with Crippen LogP contribution < -0.4 is 0 Å². The summed E-state index contributed by atoms with van der Waals surface area (Å²) in [5.41, 5.74) is 0. The zero-order valence-corrected chi connectivity index (χ0v) is 19.8. The number of fused-ring (bicyclic) bond motifs is 1. The van der Waals surface area contributed by atoms with Crippen molar-refractivity contribution in [2.75, 3.05) is 6.61 Å². The molecule has 29 heavy (non-hydrogen) atoms. The Labute approximate surface area is 192 Å². The van der Waals surface area contributed by atoms with Crippen molar-refractivity contribution in [1.29, 1.82) is 0 Å². The summed E-state index contributed by atoms with van der Waals surface area (Å²) in [6.45, 7) is -0.860. The topological polar surface area (TPSA) is 220 Å². The summed E-state index contributed by atoms with van der Waals surface area (Å²) in [6.07, 6.45) is -4.94. The number of carbonyl (C=O) groups is 1. The predicted octanol–water partition coefficient (Wildman–Crippen LogP) is -2.32. The van der Waals surface area contributed by atoms with Gasteiger partial charge in [0.2, 0.25) is 0 Å². The minimum atomic E-state index is -5.32. The molecule has 3 rings (SSSR count). The van der Waals surface area contributed by atoms with Crippen molar-refractivity contribution in [3.8, 4) is 0 Å². The van der Waals surface area contributed by atoms with Crippen LogP contribution in [0.4, 0.5) is 0 Å². The van der Waals surface area contributed by atoms with Gasteiger partial charge >= 0.3 is 15.6 Å².